The highest BCUT2D eigenvalue weighted by atomic mass is 16.3. The molecule has 0 bridgehead atoms. The topological polar surface area (TPSA) is 67.2 Å². The van der Waals surface area contributed by atoms with E-state index in [1.165, 1.54) is 6.39 Å². The molecule has 2 aromatic rings. The van der Waals surface area contributed by atoms with Crippen LogP contribution in [0.3, 0.4) is 0 Å². The number of aromatic nitrogens is 1. The molecule has 0 saturated carbocycles. The van der Waals surface area contributed by atoms with Crippen LogP contribution in [0.5, 0.6) is 0 Å². The van der Waals surface area contributed by atoms with Crippen LogP contribution in [0.2, 0.25) is 0 Å². The fourth-order valence-electron chi connectivity index (χ4n) is 2.56. The molecule has 2 unspecified atom stereocenters. The van der Waals surface area contributed by atoms with Crippen LogP contribution in [0.1, 0.15) is 13.3 Å². The first-order chi connectivity index (χ1) is 9.74. The van der Waals surface area contributed by atoms with Gasteiger partial charge in [0.1, 0.15) is 0 Å². The van der Waals surface area contributed by atoms with Crippen LogP contribution in [-0.4, -0.2) is 23.5 Å². The fourth-order valence-corrected chi connectivity index (χ4v) is 2.56. The van der Waals surface area contributed by atoms with Crippen molar-refractivity contribution in [3.8, 4) is 11.3 Å². The fraction of sp³-hybridized carbons (Fsp3) is 0.333. The van der Waals surface area contributed by atoms with E-state index in [1.54, 1.807) is 6.20 Å². The molecule has 0 radical (unpaired) electrons. The van der Waals surface area contributed by atoms with Crippen LogP contribution in [-0.2, 0) is 4.79 Å². The molecule has 1 aliphatic heterocycles. The van der Waals surface area contributed by atoms with Crippen molar-refractivity contribution in [3.63, 3.8) is 0 Å². The third-order valence-corrected chi connectivity index (χ3v) is 3.71. The summed E-state index contributed by atoms with van der Waals surface area (Å²) in [5.74, 6) is 0.790. The molecule has 0 aliphatic carbocycles. The Morgan fingerprint density at radius 2 is 2.40 bits per heavy atom. The van der Waals surface area contributed by atoms with Gasteiger partial charge in [-0.1, -0.05) is 12.1 Å². The lowest BCUT2D eigenvalue weighted by molar-refractivity contribution is -0.119. The van der Waals surface area contributed by atoms with Crippen LogP contribution in [0.15, 0.2) is 41.3 Å². The number of nitrogens with zero attached hydrogens (tertiary/aromatic N) is 1. The third-order valence-electron chi connectivity index (χ3n) is 3.71. The summed E-state index contributed by atoms with van der Waals surface area (Å²) in [4.78, 5) is 16.1. The van der Waals surface area contributed by atoms with Crippen molar-refractivity contribution in [2.24, 2.45) is 5.92 Å². The first kappa shape index (κ1) is 12.9. The van der Waals surface area contributed by atoms with E-state index < -0.39 is 0 Å². The van der Waals surface area contributed by atoms with E-state index >= 15 is 0 Å². The van der Waals surface area contributed by atoms with Gasteiger partial charge in [-0.05, 0) is 32.0 Å². The van der Waals surface area contributed by atoms with Crippen molar-refractivity contribution in [1.82, 2.24) is 10.3 Å². The molecule has 1 fully saturated rings. The van der Waals surface area contributed by atoms with Gasteiger partial charge >= 0.3 is 0 Å². The Kier molecular flexibility index (Phi) is 3.52. The third kappa shape index (κ3) is 2.58. The standard InChI is InChI=1S/C15H17N3O2/c1-10-13(5-6-17-10)15(19)18-12-4-2-3-11(7-12)14-8-16-9-20-14/h2-4,7-10,13,17H,5-6H2,1H3,(H,18,19). The predicted octanol–water partition coefficient (Wildman–Crippen LogP) is 2.28. The Hall–Kier alpha value is -2.14. The molecule has 20 heavy (non-hydrogen) atoms. The van der Waals surface area contributed by atoms with Gasteiger partial charge in [-0.2, -0.15) is 0 Å². The smallest absolute Gasteiger partial charge is 0.229 e. The minimum Gasteiger partial charge on any atom is -0.444 e. The number of oxazole rings is 1. The molecule has 1 saturated heterocycles. The van der Waals surface area contributed by atoms with Gasteiger partial charge in [-0.15, -0.1) is 0 Å². The van der Waals surface area contributed by atoms with E-state index in [9.17, 15) is 4.79 Å². The van der Waals surface area contributed by atoms with Crippen LogP contribution in [0, 0.1) is 5.92 Å². The molecule has 0 spiro atoms. The summed E-state index contributed by atoms with van der Waals surface area (Å²) < 4.78 is 5.26. The molecule has 5 heteroatoms. The lowest BCUT2D eigenvalue weighted by Gasteiger charge is -2.15. The van der Waals surface area contributed by atoms with E-state index in [2.05, 4.69) is 15.6 Å². The summed E-state index contributed by atoms with van der Waals surface area (Å²) in [5.41, 5.74) is 1.68. The van der Waals surface area contributed by atoms with Gasteiger partial charge in [-0.3, -0.25) is 4.79 Å². The van der Waals surface area contributed by atoms with Gasteiger partial charge in [0, 0.05) is 17.3 Å². The summed E-state index contributed by atoms with van der Waals surface area (Å²) in [5, 5.41) is 6.26. The van der Waals surface area contributed by atoms with Gasteiger partial charge in [0.2, 0.25) is 5.91 Å². The summed E-state index contributed by atoms with van der Waals surface area (Å²) in [7, 11) is 0. The molecule has 1 aromatic carbocycles. The van der Waals surface area contributed by atoms with E-state index in [0.717, 1.165) is 24.2 Å². The average molecular weight is 271 g/mol. The number of carbonyl (C=O) groups excluding carboxylic acids is 1. The quantitative estimate of drug-likeness (QED) is 0.898. The molecule has 1 amide bonds. The monoisotopic (exact) mass is 271 g/mol. The summed E-state index contributed by atoms with van der Waals surface area (Å²) in [6.45, 7) is 2.94. The second kappa shape index (κ2) is 5.46. The van der Waals surface area contributed by atoms with Gasteiger partial charge < -0.3 is 15.1 Å². The van der Waals surface area contributed by atoms with E-state index in [0.29, 0.717) is 5.76 Å². The zero-order valence-electron chi connectivity index (χ0n) is 11.3. The highest BCUT2D eigenvalue weighted by Crippen LogP contribution is 2.23. The largest absolute Gasteiger partial charge is 0.444 e. The SMILES string of the molecule is CC1NCCC1C(=O)Nc1cccc(-c2cnco2)c1. The molecular weight excluding hydrogens is 254 g/mol. The normalized spacial score (nSPS) is 21.9. The number of hydrogen-bond acceptors (Lipinski definition) is 4. The van der Waals surface area contributed by atoms with Crippen molar-refractivity contribution < 1.29 is 9.21 Å². The molecule has 5 nitrogen and oxygen atoms in total. The van der Waals surface area contributed by atoms with E-state index in [-0.39, 0.29) is 17.9 Å². The molecule has 3 rings (SSSR count). The Labute approximate surface area is 117 Å². The van der Waals surface area contributed by atoms with Crippen LogP contribution in [0.25, 0.3) is 11.3 Å². The average Bonchev–Trinajstić information content (AvgIpc) is 3.09. The number of carbonyl (C=O) groups is 1. The first-order valence-corrected chi connectivity index (χ1v) is 6.77. The van der Waals surface area contributed by atoms with Gasteiger partial charge in [0.15, 0.2) is 12.2 Å². The molecule has 2 atom stereocenters. The van der Waals surface area contributed by atoms with Crippen LogP contribution >= 0.6 is 0 Å². The second-order valence-electron chi connectivity index (χ2n) is 5.07. The van der Waals surface area contributed by atoms with Crippen LogP contribution < -0.4 is 10.6 Å². The maximum Gasteiger partial charge on any atom is 0.229 e. The molecule has 104 valence electrons. The number of rotatable bonds is 3. The van der Waals surface area contributed by atoms with Gasteiger partial charge in [0.05, 0.1) is 12.1 Å². The summed E-state index contributed by atoms with van der Waals surface area (Å²) in [6, 6.07) is 7.82. The summed E-state index contributed by atoms with van der Waals surface area (Å²) >= 11 is 0. The maximum absolute atomic E-state index is 12.2. The van der Waals surface area contributed by atoms with Crippen molar-refractivity contribution in [2.45, 2.75) is 19.4 Å². The Morgan fingerprint density at radius 1 is 1.50 bits per heavy atom. The Bertz CT molecular complexity index is 595. The highest BCUT2D eigenvalue weighted by molar-refractivity contribution is 5.93. The molecule has 1 aromatic heterocycles. The van der Waals surface area contributed by atoms with Crippen molar-refractivity contribution in [2.75, 3.05) is 11.9 Å². The molecular formula is C15H17N3O2. The Morgan fingerprint density at radius 3 is 3.10 bits per heavy atom. The van der Waals surface area contributed by atoms with Crippen LogP contribution in [0.4, 0.5) is 5.69 Å². The molecule has 1 aliphatic rings. The zero-order valence-corrected chi connectivity index (χ0v) is 11.3. The maximum atomic E-state index is 12.2. The van der Waals surface area contributed by atoms with E-state index in [4.69, 9.17) is 4.42 Å². The first-order valence-electron chi connectivity index (χ1n) is 6.77. The van der Waals surface area contributed by atoms with Gasteiger partial charge in [-0.25, -0.2) is 4.98 Å². The molecule has 2 heterocycles. The van der Waals surface area contributed by atoms with Crippen molar-refractivity contribution in [3.05, 3.63) is 36.9 Å². The zero-order chi connectivity index (χ0) is 13.9. The highest BCUT2D eigenvalue weighted by Gasteiger charge is 2.29. The Balaban J connectivity index is 1.74. The number of hydrogen-bond donors (Lipinski definition) is 2. The minimum atomic E-state index is 0.0314. The lowest BCUT2D eigenvalue weighted by atomic mass is 10.0. The van der Waals surface area contributed by atoms with Crippen molar-refractivity contribution >= 4 is 11.6 Å². The number of amides is 1. The second-order valence-corrected chi connectivity index (χ2v) is 5.07. The number of nitrogens with one attached hydrogen (secondary N) is 2. The summed E-state index contributed by atoms with van der Waals surface area (Å²) in [6.07, 6.45) is 3.94. The predicted molar refractivity (Wildman–Crippen MR) is 76.1 cm³/mol. The lowest BCUT2D eigenvalue weighted by Crippen LogP contribution is -2.32. The van der Waals surface area contributed by atoms with Crippen molar-refractivity contribution in [1.29, 1.82) is 0 Å². The van der Waals surface area contributed by atoms with E-state index in [1.807, 2.05) is 31.2 Å². The number of anilines is 1. The minimum absolute atomic E-state index is 0.0314. The van der Waals surface area contributed by atoms with Gasteiger partial charge in [0.25, 0.3) is 0 Å². The molecule has 2 N–H and O–H groups in total. The number of benzene rings is 1.